The third-order valence-corrected chi connectivity index (χ3v) is 12.0. The van der Waals surface area contributed by atoms with Crippen molar-refractivity contribution < 1.29 is 4.42 Å². The molecule has 0 N–H and O–H groups in total. The van der Waals surface area contributed by atoms with E-state index in [0.29, 0.717) is 0 Å². The number of rotatable bonds is 6. The van der Waals surface area contributed by atoms with E-state index >= 15 is 0 Å². The molecule has 2 heterocycles. The van der Waals surface area contributed by atoms with Gasteiger partial charge in [-0.05, 0) is 93.2 Å². The van der Waals surface area contributed by atoms with Crippen molar-refractivity contribution in [3.8, 4) is 33.4 Å². The SMILES string of the molecule is c1cc(-c2ccc(-c3ccc4ccccc4c3)cc2)cc(N(c2ccccc2-c2cccc3oc4ccccc4c23)c2cccc3sc4ccccc4c23)c1. The Bertz CT molecular complexity index is 3220. The number of fused-ring (bicyclic) bond motifs is 7. The molecule has 2 aromatic heterocycles. The molecule has 0 aliphatic carbocycles. The van der Waals surface area contributed by atoms with Gasteiger partial charge in [-0.2, -0.15) is 0 Å². The van der Waals surface area contributed by atoms with Crippen molar-refractivity contribution in [1.29, 1.82) is 0 Å². The van der Waals surface area contributed by atoms with Gasteiger partial charge in [0.1, 0.15) is 11.2 Å². The molecule has 0 amide bonds. The fourth-order valence-corrected chi connectivity index (χ4v) is 9.42. The molecule has 0 atom stereocenters. The average molecular weight is 720 g/mol. The maximum atomic E-state index is 6.39. The summed E-state index contributed by atoms with van der Waals surface area (Å²) in [6, 6.07) is 72.3. The lowest BCUT2D eigenvalue weighted by atomic mass is 9.96. The second-order valence-electron chi connectivity index (χ2n) is 14.1. The van der Waals surface area contributed by atoms with Gasteiger partial charge in [-0.15, -0.1) is 11.3 Å². The lowest BCUT2D eigenvalue weighted by molar-refractivity contribution is 0.669. The summed E-state index contributed by atoms with van der Waals surface area (Å²) in [7, 11) is 0. The van der Waals surface area contributed by atoms with E-state index < -0.39 is 0 Å². The molecule has 0 unspecified atom stereocenters. The van der Waals surface area contributed by atoms with Gasteiger partial charge in [0.2, 0.25) is 0 Å². The molecule has 11 rings (SSSR count). The van der Waals surface area contributed by atoms with Crippen LogP contribution in [0.15, 0.2) is 205 Å². The van der Waals surface area contributed by atoms with E-state index in [1.54, 1.807) is 0 Å². The molecule has 9 aromatic carbocycles. The summed E-state index contributed by atoms with van der Waals surface area (Å²) in [5.41, 5.74) is 12.2. The molecular weight excluding hydrogens is 687 g/mol. The zero-order chi connectivity index (χ0) is 36.3. The Morgan fingerprint density at radius 1 is 0.364 bits per heavy atom. The van der Waals surface area contributed by atoms with Crippen LogP contribution in [0.3, 0.4) is 0 Å². The standard InChI is InChI=1S/C52H33NOS/c1-2-13-37-32-39(31-30-34(37)12-1)36-28-26-35(27-29-36)38-14-9-15-40(33-38)53(46-21-11-25-50-52(46)44-18-5-8-24-49(44)55-50)45-20-6-3-16-41(45)42-19-10-23-48-51(42)43-17-4-7-22-47(43)54-48/h1-33H. The Morgan fingerprint density at radius 2 is 0.982 bits per heavy atom. The first-order valence-electron chi connectivity index (χ1n) is 18.7. The number of anilines is 3. The van der Waals surface area contributed by atoms with Crippen LogP contribution >= 0.6 is 11.3 Å². The Labute approximate surface area is 322 Å². The number of hydrogen-bond acceptors (Lipinski definition) is 3. The topological polar surface area (TPSA) is 16.4 Å². The predicted octanol–water partition coefficient (Wildman–Crippen LogP) is 15.6. The van der Waals surface area contributed by atoms with Crippen LogP contribution in [-0.4, -0.2) is 0 Å². The minimum absolute atomic E-state index is 0.889. The van der Waals surface area contributed by atoms with Gasteiger partial charge < -0.3 is 9.32 Å². The smallest absolute Gasteiger partial charge is 0.136 e. The molecule has 0 fully saturated rings. The van der Waals surface area contributed by atoms with E-state index in [1.807, 2.05) is 17.4 Å². The van der Waals surface area contributed by atoms with Gasteiger partial charge >= 0.3 is 0 Å². The molecule has 3 heteroatoms. The molecule has 2 nitrogen and oxygen atoms in total. The molecule has 55 heavy (non-hydrogen) atoms. The van der Waals surface area contributed by atoms with Crippen molar-refractivity contribution in [2.75, 3.05) is 4.90 Å². The zero-order valence-corrected chi connectivity index (χ0v) is 30.6. The van der Waals surface area contributed by atoms with Crippen molar-refractivity contribution in [1.82, 2.24) is 0 Å². The van der Waals surface area contributed by atoms with Gasteiger partial charge in [-0.3, -0.25) is 0 Å². The first-order chi connectivity index (χ1) is 27.3. The average Bonchev–Trinajstić information content (AvgIpc) is 3.83. The highest BCUT2D eigenvalue weighted by Crippen LogP contribution is 2.49. The lowest BCUT2D eigenvalue weighted by Crippen LogP contribution is -2.11. The number of benzene rings is 9. The van der Waals surface area contributed by atoms with E-state index in [4.69, 9.17) is 4.42 Å². The second-order valence-corrected chi connectivity index (χ2v) is 15.2. The van der Waals surface area contributed by atoms with Crippen molar-refractivity contribution in [3.63, 3.8) is 0 Å². The Morgan fingerprint density at radius 3 is 1.87 bits per heavy atom. The summed E-state index contributed by atoms with van der Waals surface area (Å²) in [6.45, 7) is 0. The summed E-state index contributed by atoms with van der Waals surface area (Å²) < 4.78 is 8.94. The van der Waals surface area contributed by atoms with E-state index in [0.717, 1.165) is 55.7 Å². The van der Waals surface area contributed by atoms with Gasteiger partial charge in [0.25, 0.3) is 0 Å². The van der Waals surface area contributed by atoms with Gasteiger partial charge in [0, 0.05) is 42.2 Å². The molecule has 0 saturated heterocycles. The van der Waals surface area contributed by atoms with E-state index in [2.05, 4.69) is 199 Å². The minimum atomic E-state index is 0.889. The summed E-state index contributed by atoms with van der Waals surface area (Å²) in [5, 5.41) is 7.29. The van der Waals surface area contributed by atoms with Crippen LogP contribution in [-0.2, 0) is 0 Å². The van der Waals surface area contributed by atoms with Crippen LogP contribution in [0, 0.1) is 0 Å². The van der Waals surface area contributed by atoms with Crippen molar-refractivity contribution in [2.24, 2.45) is 0 Å². The summed E-state index contributed by atoms with van der Waals surface area (Å²) in [6.07, 6.45) is 0. The molecule has 0 aliphatic heterocycles. The van der Waals surface area contributed by atoms with Crippen molar-refractivity contribution in [2.45, 2.75) is 0 Å². The maximum absolute atomic E-state index is 6.39. The number of nitrogens with zero attached hydrogens (tertiary/aromatic N) is 1. The van der Waals surface area contributed by atoms with Gasteiger partial charge in [-0.25, -0.2) is 0 Å². The summed E-state index contributed by atoms with van der Waals surface area (Å²) in [5.74, 6) is 0. The Hall–Kier alpha value is -6.94. The minimum Gasteiger partial charge on any atom is -0.456 e. The third kappa shape index (κ3) is 5.32. The maximum Gasteiger partial charge on any atom is 0.136 e. The highest BCUT2D eigenvalue weighted by Gasteiger charge is 2.23. The first kappa shape index (κ1) is 31.6. The van der Waals surface area contributed by atoms with E-state index in [9.17, 15) is 0 Å². The monoisotopic (exact) mass is 719 g/mol. The first-order valence-corrected chi connectivity index (χ1v) is 19.5. The van der Waals surface area contributed by atoms with Gasteiger partial charge in [-0.1, -0.05) is 146 Å². The quantitative estimate of drug-likeness (QED) is 0.170. The predicted molar refractivity (Wildman–Crippen MR) is 235 cm³/mol. The molecule has 0 radical (unpaired) electrons. The largest absolute Gasteiger partial charge is 0.456 e. The van der Waals surface area contributed by atoms with Crippen molar-refractivity contribution in [3.05, 3.63) is 200 Å². The Kier molecular flexibility index (Phi) is 7.39. The fraction of sp³-hybridized carbons (Fsp3) is 0. The van der Waals surface area contributed by atoms with Gasteiger partial charge in [0.15, 0.2) is 0 Å². The lowest BCUT2D eigenvalue weighted by Gasteiger charge is -2.29. The van der Waals surface area contributed by atoms with Crippen LogP contribution in [0.2, 0.25) is 0 Å². The molecule has 11 aromatic rings. The third-order valence-electron chi connectivity index (χ3n) is 10.9. The zero-order valence-electron chi connectivity index (χ0n) is 29.8. The highest BCUT2D eigenvalue weighted by atomic mass is 32.1. The fourth-order valence-electron chi connectivity index (χ4n) is 8.29. The Balaban J connectivity index is 1.10. The van der Waals surface area contributed by atoms with E-state index in [-0.39, 0.29) is 0 Å². The molecule has 258 valence electrons. The normalized spacial score (nSPS) is 11.6. The van der Waals surface area contributed by atoms with Crippen molar-refractivity contribution >= 4 is 81.3 Å². The summed E-state index contributed by atoms with van der Waals surface area (Å²) >= 11 is 1.85. The number of furan rings is 1. The van der Waals surface area contributed by atoms with Crippen LogP contribution in [0.25, 0.3) is 86.3 Å². The molecular formula is C52H33NOS. The van der Waals surface area contributed by atoms with Crippen LogP contribution in [0.5, 0.6) is 0 Å². The van der Waals surface area contributed by atoms with Gasteiger partial charge in [0.05, 0.1) is 11.4 Å². The van der Waals surface area contributed by atoms with Crippen LogP contribution < -0.4 is 4.90 Å². The van der Waals surface area contributed by atoms with Crippen LogP contribution in [0.1, 0.15) is 0 Å². The molecule has 0 saturated carbocycles. The van der Waals surface area contributed by atoms with Crippen LogP contribution in [0.4, 0.5) is 17.1 Å². The molecule has 0 bridgehead atoms. The number of hydrogen-bond donors (Lipinski definition) is 0. The molecule has 0 aliphatic rings. The summed E-state index contributed by atoms with van der Waals surface area (Å²) in [4.78, 5) is 2.46. The molecule has 0 spiro atoms. The second kappa shape index (κ2) is 12.9. The van der Waals surface area contributed by atoms with E-state index in [1.165, 1.54) is 47.6 Å². The number of para-hydroxylation sites is 2. The highest BCUT2D eigenvalue weighted by molar-refractivity contribution is 7.26. The number of thiophene rings is 1.